The van der Waals surface area contributed by atoms with Gasteiger partial charge in [0, 0.05) is 29.1 Å². The molecule has 2 aromatic carbocycles. The molecule has 1 aliphatic rings. The molecule has 6 nitrogen and oxygen atoms in total. The van der Waals surface area contributed by atoms with Gasteiger partial charge in [-0.1, -0.05) is 55.2 Å². The number of ether oxygens (including phenoxy) is 1. The fourth-order valence-corrected chi connectivity index (χ4v) is 6.35. The molecule has 0 saturated carbocycles. The molecule has 34 heavy (non-hydrogen) atoms. The third-order valence-electron chi connectivity index (χ3n) is 6.11. The molecule has 0 radical (unpaired) electrons. The summed E-state index contributed by atoms with van der Waals surface area (Å²) < 4.78 is 32.6. The van der Waals surface area contributed by atoms with Gasteiger partial charge in [-0.2, -0.15) is 0 Å². The van der Waals surface area contributed by atoms with Crippen LogP contribution < -0.4 is 10.1 Å². The first-order valence-corrected chi connectivity index (χ1v) is 13.8. The Morgan fingerprint density at radius 3 is 2.32 bits per heavy atom. The summed E-state index contributed by atoms with van der Waals surface area (Å²) in [4.78, 5) is 13.1. The Balaban J connectivity index is 1.60. The van der Waals surface area contributed by atoms with E-state index in [0.717, 1.165) is 17.7 Å². The van der Waals surface area contributed by atoms with E-state index in [4.69, 9.17) is 27.9 Å². The molecule has 1 amide bonds. The molecule has 0 aliphatic carbocycles. The van der Waals surface area contributed by atoms with Crippen molar-refractivity contribution in [2.45, 2.75) is 44.9 Å². The van der Waals surface area contributed by atoms with Crippen molar-refractivity contribution in [3.05, 3.63) is 63.6 Å². The fourth-order valence-electron chi connectivity index (χ4n) is 4.20. The first-order chi connectivity index (χ1) is 16.1. The Hall–Kier alpha value is -1.80. The van der Waals surface area contributed by atoms with Crippen LogP contribution >= 0.6 is 23.2 Å². The molecule has 0 aromatic heterocycles. The summed E-state index contributed by atoms with van der Waals surface area (Å²) in [5.41, 5.74) is 1.55. The number of rotatable bonds is 9. The lowest BCUT2D eigenvalue weighted by molar-refractivity contribution is -0.127. The van der Waals surface area contributed by atoms with E-state index in [-0.39, 0.29) is 23.6 Å². The van der Waals surface area contributed by atoms with Crippen molar-refractivity contribution in [2.75, 3.05) is 20.2 Å². The van der Waals surface area contributed by atoms with Gasteiger partial charge in [0.15, 0.2) is 0 Å². The van der Waals surface area contributed by atoms with E-state index < -0.39 is 10.0 Å². The fraction of sp³-hybridized carbons (Fsp3) is 0.480. The van der Waals surface area contributed by atoms with Crippen LogP contribution in [0.25, 0.3) is 0 Å². The summed E-state index contributed by atoms with van der Waals surface area (Å²) >= 11 is 12.1. The molecule has 1 aliphatic heterocycles. The number of carbonyl (C=O) groups is 1. The maximum atomic E-state index is 13.1. The summed E-state index contributed by atoms with van der Waals surface area (Å²) in [7, 11) is -1.92. The van der Waals surface area contributed by atoms with E-state index in [2.05, 4.69) is 19.2 Å². The van der Waals surface area contributed by atoms with Crippen LogP contribution in [0.1, 0.15) is 50.3 Å². The first-order valence-electron chi connectivity index (χ1n) is 11.4. The highest BCUT2D eigenvalue weighted by Crippen LogP contribution is 2.28. The second-order valence-electron chi connectivity index (χ2n) is 9.13. The zero-order chi connectivity index (χ0) is 24.9. The van der Waals surface area contributed by atoms with Gasteiger partial charge >= 0.3 is 0 Å². The van der Waals surface area contributed by atoms with E-state index in [1.165, 1.54) is 4.31 Å². The Morgan fingerprint density at radius 1 is 1.12 bits per heavy atom. The minimum absolute atomic E-state index is 0.0285. The molecule has 3 rings (SSSR count). The minimum atomic E-state index is -3.55. The van der Waals surface area contributed by atoms with Crippen LogP contribution in [0.2, 0.25) is 10.0 Å². The summed E-state index contributed by atoms with van der Waals surface area (Å²) in [5.74, 6) is 0.733. The first kappa shape index (κ1) is 26.8. The van der Waals surface area contributed by atoms with Crippen molar-refractivity contribution in [2.24, 2.45) is 11.8 Å². The number of hydrogen-bond donors (Lipinski definition) is 1. The van der Waals surface area contributed by atoms with Gasteiger partial charge in [-0.25, -0.2) is 12.7 Å². The zero-order valence-corrected chi connectivity index (χ0v) is 22.1. The van der Waals surface area contributed by atoms with Crippen molar-refractivity contribution < 1.29 is 17.9 Å². The summed E-state index contributed by atoms with van der Waals surface area (Å²) in [6.07, 6.45) is 1.78. The molecule has 1 saturated heterocycles. The van der Waals surface area contributed by atoms with Gasteiger partial charge < -0.3 is 10.1 Å². The predicted octanol–water partition coefficient (Wildman–Crippen LogP) is 5.45. The van der Waals surface area contributed by atoms with Crippen LogP contribution in [0.5, 0.6) is 5.75 Å². The number of methoxy groups -OCH3 is 1. The number of nitrogens with zero attached hydrogens (tertiary/aromatic N) is 1. The number of sulfonamides is 1. The third-order valence-corrected chi connectivity index (χ3v) is 8.53. The maximum absolute atomic E-state index is 13.1. The molecule has 0 unspecified atom stereocenters. The summed E-state index contributed by atoms with van der Waals surface area (Å²) in [6, 6.07) is 12.4. The van der Waals surface area contributed by atoms with Gasteiger partial charge in [-0.15, -0.1) is 0 Å². The normalized spacial score (nSPS) is 16.4. The van der Waals surface area contributed by atoms with Gasteiger partial charge in [-0.3, -0.25) is 4.79 Å². The maximum Gasteiger partial charge on any atom is 0.223 e. The second kappa shape index (κ2) is 11.8. The molecular weight excluding hydrogens is 495 g/mol. The number of halogens is 2. The monoisotopic (exact) mass is 526 g/mol. The van der Waals surface area contributed by atoms with Crippen LogP contribution in [0, 0.1) is 11.8 Å². The Morgan fingerprint density at radius 2 is 1.76 bits per heavy atom. The largest absolute Gasteiger partial charge is 0.497 e. The standard InChI is InChI=1S/C25H32Cl2N2O4S/c1-17(2)14-24(18-5-8-22(33-3)9-6-18)28-25(30)19-10-12-29(13-11-19)34(31,32)16-20-4-7-21(26)15-23(20)27/h4-9,15,17,19,24H,10-14,16H2,1-3H3,(H,28,30)/t24-/m1/s1. The Labute approximate surface area is 212 Å². The quantitative estimate of drug-likeness (QED) is 0.471. The minimum Gasteiger partial charge on any atom is -0.497 e. The van der Waals surface area contributed by atoms with Crippen LogP contribution in [-0.4, -0.2) is 38.8 Å². The highest BCUT2D eigenvalue weighted by Gasteiger charge is 2.32. The zero-order valence-electron chi connectivity index (χ0n) is 19.8. The molecule has 186 valence electrons. The summed E-state index contributed by atoms with van der Waals surface area (Å²) in [5, 5.41) is 4.00. The van der Waals surface area contributed by atoms with E-state index >= 15 is 0 Å². The average Bonchev–Trinajstić information content (AvgIpc) is 2.80. The number of piperidine rings is 1. The summed E-state index contributed by atoms with van der Waals surface area (Å²) in [6.45, 7) is 4.87. The lowest BCUT2D eigenvalue weighted by atomic mass is 9.93. The highest BCUT2D eigenvalue weighted by molar-refractivity contribution is 7.88. The van der Waals surface area contributed by atoms with Crippen molar-refractivity contribution in [3.8, 4) is 5.75 Å². The molecular formula is C25H32Cl2N2O4S. The lowest BCUT2D eigenvalue weighted by Crippen LogP contribution is -2.44. The van der Waals surface area contributed by atoms with Gasteiger partial charge in [0.2, 0.25) is 15.9 Å². The van der Waals surface area contributed by atoms with Crippen molar-refractivity contribution in [1.29, 1.82) is 0 Å². The number of carbonyl (C=O) groups excluding carboxylic acids is 1. The number of amides is 1. The topological polar surface area (TPSA) is 75.7 Å². The lowest BCUT2D eigenvalue weighted by Gasteiger charge is -2.32. The van der Waals surface area contributed by atoms with E-state index in [0.29, 0.717) is 47.5 Å². The van der Waals surface area contributed by atoms with Crippen LogP contribution in [0.15, 0.2) is 42.5 Å². The van der Waals surface area contributed by atoms with E-state index in [1.807, 2.05) is 24.3 Å². The smallest absolute Gasteiger partial charge is 0.223 e. The van der Waals surface area contributed by atoms with E-state index in [9.17, 15) is 13.2 Å². The van der Waals surface area contributed by atoms with Crippen LogP contribution in [-0.2, 0) is 20.6 Å². The van der Waals surface area contributed by atoms with Crippen molar-refractivity contribution >= 4 is 39.1 Å². The van der Waals surface area contributed by atoms with Gasteiger partial charge in [0.1, 0.15) is 5.75 Å². The molecule has 1 N–H and O–H groups in total. The SMILES string of the molecule is COc1ccc([C@@H](CC(C)C)NC(=O)C2CCN(S(=O)(=O)Cc3ccc(Cl)cc3Cl)CC2)cc1. The molecule has 1 heterocycles. The highest BCUT2D eigenvalue weighted by atomic mass is 35.5. The number of benzene rings is 2. The molecule has 9 heteroatoms. The second-order valence-corrected chi connectivity index (χ2v) is 11.9. The van der Waals surface area contributed by atoms with Crippen molar-refractivity contribution in [1.82, 2.24) is 9.62 Å². The number of hydrogen-bond acceptors (Lipinski definition) is 4. The van der Waals surface area contributed by atoms with Gasteiger partial charge in [-0.05, 0) is 60.6 Å². The van der Waals surface area contributed by atoms with Crippen LogP contribution in [0.4, 0.5) is 0 Å². The predicted molar refractivity (Wildman–Crippen MR) is 137 cm³/mol. The van der Waals surface area contributed by atoms with Gasteiger partial charge in [0.05, 0.1) is 18.9 Å². The molecule has 1 fully saturated rings. The van der Waals surface area contributed by atoms with Crippen LogP contribution in [0.3, 0.4) is 0 Å². The van der Waals surface area contributed by atoms with Crippen molar-refractivity contribution in [3.63, 3.8) is 0 Å². The molecule has 0 bridgehead atoms. The average molecular weight is 528 g/mol. The number of nitrogens with one attached hydrogen (secondary N) is 1. The molecule has 1 atom stereocenters. The van der Waals surface area contributed by atoms with E-state index in [1.54, 1.807) is 25.3 Å². The van der Waals surface area contributed by atoms with Gasteiger partial charge in [0.25, 0.3) is 0 Å². The Kier molecular flexibility index (Phi) is 9.27. The third kappa shape index (κ3) is 7.11. The Bertz CT molecular complexity index is 1080. The molecule has 0 spiro atoms. The molecule has 2 aromatic rings.